The molecular formula is C48H26O. The van der Waals surface area contributed by atoms with Gasteiger partial charge in [0.05, 0.1) is 21.9 Å². The Labute approximate surface area is 303 Å². The third-order valence-electron chi connectivity index (χ3n) is 9.78. The lowest BCUT2D eigenvalue weighted by atomic mass is 9.88. The van der Waals surface area contributed by atoms with Gasteiger partial charge in [-0.3, -0.25) is 0 Å². The summed E-state index contributed by atoms with van der Waals surface area (Å²) in [5, 5.41) is 3.26. The Kier molecular flexibility index (Phi) is 2.83. The van der Waals surface area contributed by atoms with Crippen molar-refractivity contribution in [1.29, 1.82) is 0 Å². The van der Waals surface area contributed by atoms with Crippen molar-refractivity contribution in [3.8, 4) is 22.3 Å². The van der Waals surface area contributed by atoms with Crippen molar-refractivity contribution in [3.05, 3.63) is 157 Å². The average molecular weight is 635 g/mol. The molecule has 1 aromatic heterocycles. The van der Waals surface area contributed by atoms with E-state index >= 15 is 0 Å². The fourth-order valence-corrected chi connectivity index (χ4v) is 7.64. The lowest BCUT2D eigenvalue weighted by Gasteiger charge is -2.15. The molecule has 12 rings (SSSR count). The summed E-state index contributed by atoms with van der Waals surface area (Å²) in [4.78, 5) is 0. The summed E-state index contributed by atoms with van der Waals surface area (Å²) in [6, 6.07) is 11.0. The monoisotopic (exact) mass is 634 g/mol. The van der Waals surface area contributed by atoms with Gasteiger partial charge in [-0.2, -0.15) is 0 Å². The van der Waals surface area contributed by atoms with Gasteiger partial charge >= 0.3 is 0 Å². The molecule has 0 aliphatic heterocycles. The van der Waals surface area contributed by atoms with Crippen LogP contribution in [0.25, 0.3) is 120 Å². The molecule has 0 N–H and O–H groups in total. The Morgan fingerprint density at radius 1 is 0.367 bits per heavy atom. The van der Waals surface area contributed by atoms with Crippen LogP contribution in [0.15, 0.2) is 162 Å². The Morgan fingerprint density at radius 3 is 1.78 bits per heavy atom. The number of rotatable bonds is 2. The maximum atomic E-state index is 9.52. The van der Waals surface area contributed by atoms with Crippen molar-refractivity contribution in [2.24, 2.45) is 0 Å². The minimum atomic E-state index is -0.559. The highest BCUT2D eigenvalue weighted by molar-refractivity contribution is 6.29. The zero-order chi connectivity index (χ0) is 45.7. The van der Waals surface area contributed by atoms with Crippen LogP contribution < -0.4 is 0 Å². The third kappa shape index (κ3) is 3.34. The first-order valence-corrected chi connectivity index (χ1v) is 15.7. The van der Waals surface area contributed by atoms with Gasteiger partial charge in [0.2, 0.25) is 0 Å². The predicted molar refractivity (Wildman–Crippen MR) is 210 cm³/mol. The van der Waals surface area contributed by atoms with Crippen molar-refractivity contribution in [1.82, 2.24) is 0 Å². The van der Waals surface area contributed by atoms with Gasteiger partial charge in [0, 0.05) is 16.3 Å². The van der Waals surface area contributed by atoms with E-state index < -0.39 is 48.3 Å². The summed E-state index contributed by atoms with van der Waals surface area (Å²) in [6.45, 7) is 0. The topological polar surface area (TPSA) is 13.1 Å². The Balaban J connectivity index is 1.23. The van der Waals surface area contributed by atoms with Crippen LogP contribution in [-0.2, 0) is 0 Å². The van der Waals surface area contributed by atoms with E-state index in [1.54, 1.807) is 24.3 Å². The highest BCUT2D eigenvalue weighted by Crippen LogP contribution is 2.46. The summed E-state index contributed by atoms with van der Waals surface area (Å²) < 4.78 is 151. The molecule has 0 aliphatic rings. The summed E-state index contributed by atoms with van der Waals surface area (Å²) in [6.07, 6.45) is 0. The Bertz CT molecular complexity index is 4210. The molecule has 1 heterocycles. The van der Waals surface area contributed by atoms with Crippen molar-refractivity contribution < 1.29 is 26.3 Å². The molecule has 11 aromatic carbocycles. The van der Waals surface area contributed by atoms with E-state index in [9.17, 15) is 8.22 Å². The van der Waals surface area contributed by atoms with Gasteiger partial charge in [-0.05, 0) is 110 Å². The van der Waals surface area contributed by atoms with Gasteiger partial charge in [-0.15, -0.1) is 0 Å². The standard InChI is InChI=1S/C48H26O/c1-2-10-36-33(5-1)25-40(37-21-16-32-14-12-28-7-4-9-30-18-23-39(37)46(32)44(28)30)48-47(36)41-26-34(19-24-42(41)49-48)35-20-15-31-13-11-27-6-3-8-29-17-22-38(35)45(31)43(27)29/h1-26H/i3D,4D,6D,8D,11D,12D,13D,14D,15D,16D,17D,18D,20D,21D,22D,23D. The molecule has 0 fully saturated rings. The third-order valence-corrected chi connectivity index (χ3v) is 9.78. The van der Waals surface area contributed by atoms with Crippen LogP contribution in [0, 0.1) is 0 Å². The molecule has 1 heteroatoms. The molecule has 0 spiro atoms. The van der Waals surface area contributed by atoms with Crippen molar-refractivity contribution in [2.75, 3.05) is 0 Å². The second-order valence-corrected chi connectivity index (χ2v) is 12.3. The van der Waals surface area contributed by atoms with Crippen LogP contribution in [0.1, 0.15) is 21.9 Å². The SMILES string of the molecule is [2H]c1cc2c([2H])c([2H])c3c([2H])c([2H])c(-c4cc5ccccc5c5c4oc4ccc(-c6c([2H])c([2H])c7c([2H])c([2H])c8c([2H])c([2H])c([2H])c9c([2H])c([2H])c6c7c89)cc45)c4c([2H])c([2H])c(c1)c2c34. The van der Waals surface area contributed by atoms with Crippen molar-refractivity contribution >= 4 is 97.3 Å². The molecule has 0 radical (unpaired) electrons. The van der Waals surface area contributed by atoms with Crippen molar-refractivity contribution in [2.45, 2.75) is 0 Å². The fraction of sp³-hybridized carbons (Fsp3) is 0. The van der Waals surface area contributed by atoms with Gasteiger partial charge < -0.3 is 4.42 Å². The molecule has 0 atom stereocenters. The minimum Gasteiger partial charge on any atom is -0.455 e. The maximum Gasteiger partial charge on any atom is 0.143 e. The summed E-state index contributed by atoms with van der Waals surface area (Å²) >= 11 is 0. The number of hydrogen-bond acceptors (Lipinski definition) is 1. The smallest absolute Gasteiger partial charge is 0.143 e. The molecule has 0 saturated heterocycles. The van der Waals surface area contributed by atoms with E-state index in [1.165, 1.54) is 12.1 Å². The molecule has 0 unspecified atom stereocenters. The van der Waals surface area contributed by atoms with E-state index in [0.29, 0.717) is 43.6 Å². The Hall–Kier alpha value is -6.44. The molecule has 0 aliphatic carbocycles. The second kappa shape index (κ2) is 9.13. The molecule has 0 amide bonds. The van der Waals surface area contributed by atoms with E-state index in [4.69, 9.17) is 18.1 Å². The molecule has 0 saturated carbocycles. The fourth-order valence-electron chi connectivity index (χ4n) is 7.64. The molecule has 49 heavy (non-hydrogen) atoms. The van der Waals surface area contributed by atoms with Crippen LogP contribution in [-0.4, -0.2) is 0 Å². The van der Waals surface area contributed by atoms with Gasteiger partial charge in [0.1, 0.15) is 11.2 Å². The number of benzene rings is 11. The average Bonchev–Trinajstić information content (AvgIpc) is 3.68. The predicted octanol–water partition coefficient (Wildman–Crippen LogP) is 13.9. The summed E-state index contributed by atoms with van der Waals surface area (Å²) in [5.41, 5.74) is 1.39. The highest BCUT2D eigenvalue weighted by atomic mass is 16.3. The van der Waals surface area contributed by atoms with Gasteiger partial charge in [0.15, 0.2) is 0 Å². The van der Waals surface area contributed by atoms with Crippen LogP contribution in [0.4, 0.5) is 0 Å². The first-order valence-electron chi connectivity index (χ1n) is 23.7. The lowest BCUT2D eigenvalue weighted by molar-refractivity contribution is 0.670. The zero-order valence-electron chi connectivity index (χ0n) is 41.2. The molecule has 224 valence electrons. The molecule has 0 bridgehead atoms. The normalized spacial score (nSPS) is 17.1. The first kappa shape index (κ1) is 15.2. The van der Waals surface area contributed by atoms with E-state index in [-0.39, 0.29) is 124 Å². The van der Waals surface area contributed by atoms with Crippen LogP contribution in [0.5, 0.6) is 0 Å². The van der Waals surface area contributed by atoms with E-state index in [1.807, 2.05) is 24.3 Å². The van der Waals surface area contributed by atoms with Crippen LogP contribution >= 0.6 is 0 Å². The zero-order valence-corrected chi connectivity index (χ0v) is 25.2. The number of fused-ring (bicyclic) bond motifs is 5. The quantitative estimate of drug-likeness (QED) is 0.172. The number of furan rings is 1. The molecular weight excluding hydrogens is 593 g/mol. The van der Waals surface area contributed by atoms with Crippen molar-refractivity contribution in [3.63, 3.8) is 0 Å². The second-order valence-electron chi connectivity index (χ2n) is 12.3. The van der Waals surface area contributed by atoms with E-state index in [0.717, 1.165) is 0 Å². The van der Waals surface area contributed by atoms with Crippen LogP contribution in [0.2, 0.25) is 0 Å². The Morgan fingerprint density at radius 2 is 0.980 bits per heavy atom. The molecule has 12 aromatic rings. The lowest BCUT2D eigenvalue weighted by Crippen LogP contribution is -1.88. The minimum absolute atomic E-state index is 0.00500. The number of hydrogen-bond donors (Lipinski definition) is 0. The molecule has 1 nitrogen and oxygen atoms in total. The summed E-state index contributed by atoms with van der Waals surface area (Å²) in [5.74, 6) is 0. The first-order chi connectivity index (χ1) is 31.0. The largest absolute Gasteiger partial charge is 0.455 e. The van der Waals surface area contributed by atoms with Gasteiger partial charge in [-0.1, -0.05) is 139 Å². The highest BCUT2D eigenvalue weighted by Gasteiger charge is 2.20. The van der Waals surface area contributed by atoms with Gasteiger partial charge in [-0.25, -0.2) is 0 Å². The summed E-state index contributed by atoms with van der Waals surface area (Å²) in [7, 11) is 0. The maximum absolute atomic E-state index is 9.52. The van der Waals surface area contributed by atoms with Gasteiger partial charge in [0.25, 0.3) is 0 Å². The van der Waals surface area contributed by atoms with Crippen LogP contribution in [0.3, 0.4) is 0 Å². The van der Waals surface area contributed by atoms with E-state index in [2.05, 4.69) is 0 Å².